The lowest BCUT2D eigenvalue weighted by molar-refractivity contribution is -0.131. The molecule has 0 aliphatic carbocycles. The van der Waals surface area contributed by atoms with Gasteiger partial charge in [0.1, 0.15) is 6.04 Å². The van der Waals surface area contributed by atoms with Crippen LogP contribution in [0.1, 0.15) is 6.92 Å². The number of halogens is 1. The van der Waals surface area contributed by atoms with Gasteiger partial charge in [-0.3, -0.25) is 4.79 Å². The van der Waals surface area contributed by atoms with Crippen LogP contribution < -0.4 is 10.2 Å². The molecule has 1 aromatic heterocycles. The summed E-state index contributed by atoms with van der Waals surface area (Å²) in [7, 11) is 0. The number of nitrogens with zero attached hydrogens (tertiary/aromatic N) is 4. The van der Waals surface area contributed by atoms with Crippen LogP contribution in [-0.2, 0) is 4.79 Å². The summed E-state index contributed by atoms with van der Waals surface area (Å²) in [5, 5.41) is 3.90. The minimum atomic E-state index is -0.286. The van der Waals surface area contributed by atoms with E-state index in [1.165, 1.54) is 0 Å². The number of rotatable bonds is 4. The maximum atomic E-state index is 12.6. The molecule has 0 saturated carbocycles. The van der Waals surface area contributed by atoms with E-state index >= 15 is 0 Å². The molecule has 1 aliphatic rings. The summed E-state index contributed by atoms with van der Waals surface area (Å²) in [6.45, 7) is 4.70. The molecule has 1 aliphatic heterocycles. The van der Waals surface area contributed by atoms with E-state index in [2.05, 4.69) is 20.2 Å². The zero-order chi connectivity index (χ0) is 16.9. The van der Waals surface area contributed by atoms with Crippen molar-refractivity contribution in [1.29, 1.82) is 0 Å². The number of hydrogen-bond acceptors (Lipinski definition) is 5. The molecule has 1 aromatic carbocycles. The summed E-state index contributed by atoms with van der Waals surface area (Å²) in [5.74, 6) is 0.815. The number of nitrogens with one attached hydrogen (secondary N) is 1. The molecule has 3 rings (SSSR count). The molecule has 7 heteroatoms. The lowest BCUT2D eigenvalue weighted by Gasteiger charge is -2.36. The molecule has 6 nitrogen and oxygen atoms in total. The van der Waals surface area contributed by atoms with E-state index in [1.54, 1.807) is 30.6 Å². The Balaban J connectivity index is 1.53. The van der Waals surface area contributed by atoms with Crippen LogP contribution in [0.3, 0.4) is 0 Å². The maximum absolute atomic E-state index is 12.6. The number of amides is 1. The summed E-state index contributed by atoms with van der Waals surface area (Å²) in [6.07, 6.45) is 3.47. The van der Waals surface area contributed by atoms with Crippen LogP contribution in [0.4, 0.5) is 11.6 Å². The van der Waals surface area contributed by atoms with Gasteiger partial charge in [0.25, 0.3) is 0 Å². The number of carbonyl (C=O) groups excluding carboxylic acids is 1. The summed E-state index contributed by atoms with van der Waals surface area (Å²) in [4.78, 5) is 25.1. The van der Waals surface area contributed by atoms with Gasteiger partial charge in [-0.15, -0.1) is 0 Å². The highest BCUT2D eigenvalue weighted by atomic mass is 35.5. The predicted molar refractivity (Wildman–Crippen MR) is 95.4 cm³/mol. The van der Waals surface area contributed by atoms with Gasteiger partial charge in [0, 0.05) is 49.3 Å². The smallest absolute Gasteiger partial charge is 0.244 e. The van der Waals surface area contributed by atoms with Crippen LogP contribution in [0, 0.1) is 0 Å². The maximum Gasteiger partial charge on any atom is 0.244 e. The van der Waals surface area contributed by atoms with Crippen molar-refractivity contribution < 1.29 is 4.79 Å². The lowest BCUT2D eigenvalue weighted by Crippen LogP contribution is -2.52. The average Bonchev–Trinajstić information content (AvgIpc) is 2.64. The second kappa shape index (κ2) is 7.49. The molecule has 2 aromatic rings. The van der Waals surface area contributed by atoms with E-state index in [9.17, 15) is 4.79 Å². The zero-order valence-electron chi connectivity index (χ0n) is 13.5. The Morgan fingerprint density at radius 2 is 1.75 bits per heavy atom. The summed E-state index contributed by atoms with van der Waals surface area (Å²) < 4.78 is 0. The van der Waals surface area contributed by atoms with Crippen molar-refractivity contribution in [3.63, 3.8) is 0 Å². The minimum absolute atomic E-state index is 0.0959. The molecule has 126 valence electrons. The van der Waals surface area contributed by atoms with Gasteiger partial charge in [-0.25, -0.2) is 9.97 Å². The van der Waals surface area contributed by atoms with Gasteiger partial charge < -0.3 is 15.1 Å². The molecule has 1 N–H and O–H groups in total. The van der Waals surface area contributed by atoms with Crippen LogP contribution in [0.2, 0.25) is 5.02 Å². The Labute approximate surface area is 146 Å². The van der Waals surface area contributed by atoms with Crippen molar-refractivity contribution >= 4 is 29.1 Å². The van der Waals surface area contributed by atoms with Gasteiger partial charge in [0.15, 0.2) is 0 Å². The zero-order valence-corrected chi connectivity index (χ0v) is 14.3. The third kappa shape index (κ3) is 3.94. The SMILES string of the molecule is CC(Nc1ccc(Cl)cc1)C(=O)N1CCN(c2ncccn2)CC1. The van der Waals surface area contributed by atoms with E-state index < -0.39 is 0 Å². The topological polar surface area (TPSA) is 61.4 Å². The van der Waals surface area contributed by atoms with Gasteiger partial charge in [0.2, 0.25) is 11.9 Å². The summed E-state index contributed by atoms with van der Waals surface area (Å²) in [5.41, 5.74) is 0.886. The number of piperazine rings is 1. The van der Waals surface area contributed by atoms with Crippen LogP contribution in [0.5, 0.6) is 0 Å². The summed E-state index contributed by atoms with van der Waals surface area (Å²) >= 11 is 5.88. The van der Waals surface area contributed by atoms with Crippen molar-refractivity contribution in [1.82, 2.24) is 14.9 Å². The molecule has 24 heavy (non-hydrogen) atoms. The molecule has 1 amide bonds. The van der Waals surface area contributed by atoms with Crippen molar-refractivity contribution in [3.05, 3.63) is 47.7 Å². The first-order valence-corrected chi connectivity index (χ1v) is 8.34. The number of benzene rings is 1. The first-order valence-electron chi connectivity index (χ1n) is 7.96. The van der Waals surface area contributed by atoms with E-state index in [4.69, 9.17) is 11.6 Å². The van der Waals surface area contributed by atoms with Crippen molar-refractivity contribution in [2.45, 2.75) is 13.0 Å². The number of anilines is 2. The fraction of sp³-hybridized carbons (Fsp3) is 0.353. The van der Waals surface area contributed by atoms with Gasteiger partial charge in [-0.05, 0) is 37.3 Å². The number of carbonyl (C=O) groups is 1. The third-order valence-electron chi connectivity index (χ3n) is 4.02. The Kier molecular flexibility index (Phi) is 5.15. The molecule has 1 unspecified atom stereocenters. The second-order valence-electron chi connectivity index (χ2n) is 5.73. The molecular formula is C17H20ClN5O. The normalized spacial score (nSPS) is 15.9. The second-order valence-corrected chi connectivity index (χ2v) is 6.17. The Hall–Kier alpha value is -2.34. The quantitative estimate of drug-likeness (QED) is 0.921. The predicted octanol–water partition coefficient (Wildman–Crippen LogP) is 2.28. The Morgan fingerprint density at radius 3 is 2.38 bits per heavy atom. The standard InChI is InChI=1S/C17H20ClN5O/c1-13(21-15-5-3-14(18)4-6-15)16(24)22-9-11-23(12-10-22)17-19-7-2-8-20-17/h2-8,13,21H,9-12H2,1H3. The molecule has 0 spiro atoms. The Bertz CT molecular complexity index is 671. The highest BCUT2D eigenvalue weighted by Crippen LogP contribution is 2.16. The number of hydrogen-bond donors (Lipinski definition) is 1. The molecule has 1 atom stereocenters. The molecule has 1 saturated heterocycles. The highest BCUT2D eigenvalue weighted by molar-refractivity contribution is 6.30. The van der Waals surface area contributed by atoms with Crippen LogP contribution in [-0.4, -0.2) is 53.0 Å². The molecular weight excluding hydrogens is 326 g/mol. The first-order chi connectivity index (χ1) is 11.6. The van der Waals surface area contributed by atoms with E-state index in [0.29, 0.717) is 18.1 Å². The highest BCUT2D eigenvalue weighted by Gasteiger charge is 2.25. The van der Waals surface area contributed by atoms with Crippen molar-refractivity contribution in [2.75, 3.05) is 36.4 Å². The van der Waals surface area contributed by atoms with Gasteiger partial charge in [-0.2, -0.15) is 0 Å². The Morgan fingerprint density at radius 1 is 1.12 bits per heavy atom. The fourth-order valence-electron chi connectivity index (χ4n) is 2.71. The number of aromatic nitrogens is 2. The van der Waals surface area contributed by atoms with Gasteiger partial charge in [0.05, 0.1) is 0 Å². The van der Waals surface area contributed by atoms with E-state index in [1.807, 2.05) is 24.0 Å². The minimum Gasteiger partial charge on any atom is -0.374 e. The van der Waals surface area contributed by atoms with Crippen LogP contribution in [0.15, 0.2) is 42.7 Å². The largest absolute Gasteiger partial charge is 0.374 e. The monoisotopic (exact) mass is 345 g/mol. The van der Waals surface area contributed by atoms with Crippen LogP contribution >= 0.6 is 11.6 Å². The van der Waals surface area contributed by atoms with Crippen molar-refractivity contribution in [3.8, 4) is 0 Å². The molecule has 0 radical (unpaired) electrons. The van der Waals surface area contributed by atoms with E-state index in [0.717, 1.165) is 24.7 Å². The van der Waals surface area contributed by atoms with Gasteiger partial charge >= 0.3 is 0 Å². The first kappa shape index (κ1) is 16.5. The molecule has 0 bridgehead atoms. The average molecular weight is 346 g/mol. The lowest BCUT2D eigenvalue weighted by atomic mass is 10.2. The third-order valence-corrected chi connectivity index (χ3v) is 4.28. The van der Waals surface area contributed by atoms with Gasteiger partial charge in [-0.1, -0.05) is 11.6 Å². The fourth-order valence-corrected chi connectivity index (χ4v) is 2.84. The van der Waals surface area contributed by atoms with Crippen LogP contribution in [0.25, 0.3) is 0 Å². The summed E-state index contributed by atoms with van der Waals surface area (Å²) in [6, 6.07) is 8.87. The molecule has 1 fully saturated rings. The molecule has 2 heterocycles. The van der Waals surface area contributed by atoms with Crippen molar-refractivity contribution in [2.24, 2.45) is 0 Å². The van der Waals surface area contributed by atoms with E-state index in [-0.39, 0.29) is 11.9 Å².